The molecule has 108 valence electrons. The molecule has 1 aromatic rings. The Balaban J connectivity index is 3.35. The molecule has 0 radical (unpaired) electrons. The van der Waals surface area contributed by atoms with Gasteiger partial charge in [-0.15, -0.1) is 0 Å². The van der Waals surface area contributed by atoms with Crippen LogP contribution in [0.4, 0.5) is 5.82 Å². The third kappa shape index (κ3) is 3.90. The van der Waals surface area contributed by atoms with Gasteiger partial charge in [0, 0.05) is 25.6 Å². The standard InChI is InChI=1S/C15H27N3O/c1-14(2,3)10-9-11(16-7)18-13(17-10)12(19-8)15(4,5)6/h9,12H,1-8H3,(H,16,17,18). The van der Waals surface area contributed by atoms with E-state index in [1.165, 1.54) is 0 Å². The lowest BCUT2D eigenvalue weighted by molar-refractivity contribution is 0.00849. The normalized spacial score (nSPS) is 14.3. The smallest absolute Gasteiger partial charge is 0.160 e. The van der Waals surface area contributed by atoms with Gasteiger partial charge in [0.05, 0.1) is 5.69 Å². The SMILES string of the molecule is CNc1cc(C(C)(C)C)nc(C(OC)C(C)(C)C)n1. The molecule has 0 aliphatic rings. The average Bonchev–Trinajstić information content (AvgIpc) is 2.26. The summed E-state index contributed by atoms with van der Waals surface area (Å²) in [5, 5.41) is 3.10. The van der Waals surface area contributed by atoms with Gasteiger partial charge in [0.1, 0.15) is 11.9 Å². The Kier molecular flexibility index (Phi) is 4.56. The summed E-state index contributed by atoms with van der Waals surface area (Å²) < 4.78 is 5.62. The van der Waals surface area contributed by atoms with Gasteiger partial charge in [-0.3, -0.25) is 0 Å². The van der Waals surface area contributed by atoms with E-state index in [9.17, 15) is 0 Å². The molecule has 0 aliphatic carbocycles. The predicted molar refractivity (Wildman–Crippen MR) is 79.5 cm³/mol. The van der Waals surface area contributed by atoms with E-state index >= 15 is 0 Å². The zero-order valence-electron chi connectivity index (χ0n) is 13.5. The zero-order chi connectivity index (χ0) is 14.8. The third-order valence-corrected chi connectivity index (χ3v) is 3.02. The van der Waals surface area contributed by atoms with Gasteiger partial charge in [0.25, 0.3) is 0 Å². The van der Waals surface area contributed by atoms with Crippen molar-refractivity contribution < 1.29 is 4.74 Å². The fraction of sp³-hybridized carbons (Fsp3) is 0.733. The topological polar surface area (TPSA) is 47.0 Å². The van der Waals surface area contributed by atoms with Crippen molar-refractivity contribution in [2.45, 2.75) is 53.1 Å². The number of ether oxygens (including phenoxy) is 1. The Hall–Kier alpha value is -1.16. The van der Waals surface area contributed by atoms with E-state index in [0.29, 0.717) is 0 Å². The summed E-state index contributed by atoms with van der Waals surface area (Å²) in [4.78, 5) is 9.27. The lowest BCUT2D eigenvalue weighted by atomic mass is 9.87. The number of anilines is 1. The summed E-state index contributed by atoms with van der Waals surface area (Å²) in [6.07, 6.45) is -0.123. The number of hydrogen-bond acceptors (Lipinski definition) is 4. The van der Waals surface area contributed by atoms with Gasteiger partial charge in [0.15, 0.2) is 5.82 Å². The van der Waals surface area contributed by atoms with Crippen LogP contribution in [0.25, 0.3) is 0 Å². The number of hydrogen-bond donors (Lipinski definition) is 1. The largest absolute Gasteiger partial charge is 0.373 e. The van der Waals surface area contributed by atoms with Crippen molar-refractivity contribution in [2.75, 3.05) is 19.5 Å². The third-order valence-electron chi connectivity index (χ3n) is 3.02. The molecule has 0 saturated heterocycles. The fourth-order valence-corrected chi connectivity index (χ4v) is 1.94. The van der Waals surface area contributed by atoms with Crippen LogP contribution in [0, 0.1) is 5.41 Å². The Morgan fingerprint density at radius 3 is 2.05 bits per heavy atom. The van der Waals surface area contributed by atoms with Crippen molar-refractivity contribution in [3.8, 4) is 0 Å². The van der Waals surface area contributed by atoms with Crippen molar-refractivity contribution in [1.82, 2.24) is 9.97 Å². The van der Waals surface area contributed by atoms with Crippen molar-refractivity contribution in [3.63, 3.8) is 0 Å². The molecule has 0 spiro atoms. The molecule has 0 saturated carbocycles. The summed E-state index contributed by atoms with van der Waals surface area (Å²) in [5.74, 6) is 1.58. The van der Waals surface area contributed by atoms with Gasteiger partial charge < -0.3 is 10.1 Å². The van der Waals surface area contributed by atoms with Gasteiger partial charge in [-0.05, 0) is 5.41 Å². The summed E-state index contributed by atoms with van der Waals surface area (Å²) in [5.41, 5.74) is 0.962. The summed E-state index contributed by atoms with van der Waals surface area (Å²) in [6, 6.07) is 2.00. The molecular formula is C15H27N3O. The zero-order valence-corrected chi connectivity index (χ0v) is 13.5. The van der Waals surface area contributed by atoms with Crippen LogP contribution < -0.4 is 5.32 Å². The molecule has 0 aliphatic heterocycles. The van der Waals surface area contributed by atoms with E-state index < -0.39 is 0 Å². The lowest BCUT2D eigenvalue weighted by Gasteiger charge is -2.29. The summed E-state index contributed by atoms with van der Waals surface area (Å²) in [6.45, 7) is 12.8. The minimum Gasteiger partial charge on any atom is -0.373 e. The maximum atomic E-state index is 5.62. The Morgan fingerprint density at radius 1 is 1.11 bits per heavy atom. The van der Waals surface area contributed by atoms with Crippen LogP contribution in [-0.4, -0.2) is 24.1 Å². The average molecular weight is 265 g/mol. The summed E-state index contributed by atoms with van der Waals surface area (Å²) >= 11 is 0. The molecule has 0 aromatic carbocycles. The second-order valence-corrected chi connectivity index (χ2v) is 6.98. The van der Waals surface area contributed by atoms with Gasteiger partial charge in [0.2, 0.25) is 0 Å². The molecule has 1 heterocycles. The van der Waals surface area contributed by atoms with Crippen LogP contribution in [0.5, 0.6) is 0 Å². The Morgan fingerprint density at radius 2 is 1.68 bits per heavy atom. The highest BCUT2D eigenvalue weighted by Crippen LogP contribution is 2.35. The van der Waals surface area contributed by atoms with Crippen LogP contribution in [0.1, 0.15) is 59.2 Å². The fourth-order valence-electron chi connectivity index (χ4n) is 1.94. The first-order chi connectivity index (χ1) is 8.59. The van der Waals surface area contributed by atoms with Crippen molar-refractivity contribution >= 4 is 5.82 Å². The first kappa shape index (κ1) is 15.9. The van der Waals surface area contributed by atoms with E-state index in [2.05, 4.69) is 51.8 Å². The highest BCUT2D eigenvalue weighted by atomic mass is 16.5. The molecular weight excluding hydrogens is 238 g/mol. The molecule has 0 fully saturated rings. The molecule has 1 N–H and O–H groups in total. The maximum absolute atomic E-state index is 5.62. The Bertz CT molecular complexity index is 430. The highest BCUT2D eigenvalue weighted by Gasteiger charge is 2.30. The molecule has 1 aromatic heterocycles. The number of methoxy groups -OCH3 is 1. The van der Waals surface area contributed by atoms with Crippen molar-refractivity contribution in [2.24, 2.45) is 5.41 Å². The monoisotopic (exact) mass is 265 g/mol. The minimum atomic E-state index is -0.123. The first-order valence-electron chi connectivity index (χ1n) is 6.69. The van der Waals surface area contributed by atoms with E-state index in [-0.39, 0.29) is 16.9 Å². The van der Waals surface area contributed by atoms with Crippen LogP contribution in [0.2, 0.25) is 0 Å². The minimum absolute atomic E-state index is 0.0144. The second-order valence-electron chi connectivity index (χ2n) is 6.98. The highest BCUT2D eigenvalue weighted by molar-refractivity contribution is 5.37. The van der Waals surface area contributed by atoms with Crippen molar-refractivity contribution in [1.29, 1.82) is 0 Å². The second kappa shape index (κ2) is 5.45. The van der Waals surface area contributed by atoms with Crippen LogP contribution in [0.3, 0.4) is 0 Å². The van der Waals surface area contributed by atoms with Crippen LogP contribution >= 0.6 is 0 Å². The molecule has 4 heteroatoms. The quantitative estimate of drug-likeness (QED) is 0.908. The first-order valence-corrected chi connectivity index (χ1v) is 6.69. The molecule has 19 heavy (non-hydrogen) atoms. The molecule has 1 unspecified atom stereocenters. The Labute approximate surface area is 117 Å². The van der Waals surface area contributed by atoms with E-state index in [1.54, 1.807) is 7.11 Å². The summed E-state index contributed by atoms with van der Waals surface area (Å²) in [7, 11) is 3.58. The molecule has 1 rings (SSSR count). The van der Waals surface area contributed by atoms with Crippen molar-refractivity contribution in [3.05, 3.63) is 17.6 Å². The van der Waals surface area contributed by atoms with Gasteiger partial charge in [-0.2, -0.15) is 0 Å². The van der Waals surface area contributed by atoms with E-state index in [0.717, 1.165) is 17.3 Å². The van der Waals surface area contributed by atoms with E-state index in [1.807, 2.05) is 13.1 Å². The molecule has 4 nitrogen and oxygen atoms in total. The van der Waals surface area contributed by atoms with Crippen LogP contribution in [0.15, 0.2) is 6.07 Å². The maximum Gasteiger partial charge on any atom is 0.160 e. The van der Waals surface area contributed by atoms with Gasteiger partial charge in [-0.1, -0.05) is 41.5 Å². The molecule has 0 amide bonds. The van der Waals surface area contributed by atoms with E-state index in [4.69, 9.17) is 9.72 Å². The number of nitrogens with one attached hydrogen (secondary N) is 1. The van der Waals surface area contributed by atoms with Crippen LogP contribution in [-0.2, 0) is 10.2 Å². The lowest BCUT2D eigenvalue weighted by Crippen LogP contribution is -2.25. The number of aromatic nitrogens is 2. The van der Waals surface area contributed by atoms with Gasteiger partial charge >= 0.3 is 0 Å². The predicted octanol–water partition coefficient (Wildman–Crippen LogP) is 3.55. The molecule has 0 bridgehead atoms. The van der Waals surface area contributed by atoms with Gasteiger partial charge in [-0.25, -0.2) is 9.97 Å². The number of nitrogens with zero attached hydrogens (tertiary/aromatic N) is 2. The molecule has 1 atom stereocenters. The number of rotatable bonds is 3.